The number of carbonyl (C=O) groups is 2. The van der Waals surface area contributed by atoms with Crippen LogP contribution in [0.4, 0.5) is 0 Å². The van der Waals surface area contributed by atoms with Gasteiger partial charge in [0, 0.05) is 7.14 Å². The van der Waals surface area contributed by atoms with Gasteiger partial charge in [-0.3, -0.25) is 9.35 Å². The minimum absolute atomic E-state index is 0.0378. The third-order valence-corrected chi connectivity index (χ3v) is 10.2. The van der Waals surface area contributed by atoms with Gasteiger partial charge in [-0.2, -0.15) is 8.42 Å². The molecule has 0 saturated heterocycles. The number of carboxylic acid groups (broad SMARTS) is 1. The number of carbonyl (C=O) groups excluding carboxylic acids is 1. The van der Waals surface area contributed by atoms with Gasteiger partial charge in [0.15, 0.2) is 6.61 Å². The number of benzene rings is 1. The molecule has 4 saturated carbocycles. The Morgan fingerprint density at radius 2 is 1.67 bits per heavy atom. The molecule has 0 heterocycles. The van der Waals surface area contributed by atoms with Crippen molar-refractivity contribution in [1.29, 1.82) is 0 Å². The number of esters is 1. The van der Waals surface area contributed by atoms with Crippen LogP contribution in [0.3, 0.4) is 0 Å². The topological polar surface area (TPSA) is 136 Å². The molecule has 0 aliphatic heterocycles. The molecule has 12 heteroatoms. The van der Waals surface area contributed by atoms with Crippen molar-refractivity contribution in [2.45, 2.75) is 49.0 Å². The highest BCUT2D eigenvalue weighted by Gasteiger charge is 2.61. The molecule has 5 rings (SSSR count). The van der Waals surface area contributed by atoms with Gasteiger partial charge in [-0.25, -0.2) is 4.79 Å². The Bertz CT molecular complexity index is 1030. The van der Waals surface area contributed by atoms with Crippen molar-refractivity contribution in [3.05, 3.63) is 19.3 Å². The second kappa shape index (κ2) is 9.39. The second-order valence-electron chi connectivity index (χ2n) is 9.28. The van der Waals surface area contributed by atoms with Gasteiger partial charge in [0.2, 0.25) is 0 Å². The molecular weight excluding hydrogens is 682 g/mol. The summed E-state index contributed by atoms with van der Waals surface area (Å²) in [6, 6.07) is 2.82. The van der Waals surface area contributed by atoms with Crippen LogP contribution in [-0.4, -0.2) is 55.4 Å². The van der Waals surface area contributed by atoms with Crippen molar-refractivity contribution in [2.75, 3.05) is 19.8 Å². The second-order valence-corrected chi connectivity index (χ2v) is 13.0. The number of ether oxygens (including phenoxy) is 3. The highest BCUT2D eigenvalue weighted by molar-refractivity contribution is 14.1. The summed E-state index contributed by atoms with van der Waals surface area (Å²) in [5, 5.41) is 9.80. The van der Waals surface area contributed by atoms with Crippen molar-refractivity contribution in [3.63, 3.8) is 0 Å². The Kier molecular flexibility index (Phi) is 7.22. The third-order valence-electron chi connectivity index (χ3n) is 6.80. The SMILES string of the molecule is O=C(COc1cc(I)c(S(=O)(=O)O)c(I)c1)OCCOC12CC3CC(C1)CC(C(=O)O)(C3)C2. The lowest BCUT2D eigenvalue weighted by atomic mass is 9.48. The maximum absolute atomic E-state index is 12.1. The maximum atomic E-state index is 12.1. The first kappa shape index (κ1) is 25.4. The number of carboxylic acids is 1. The summed E-state index contributed by atoms with van der Waals surface area (Å²) in [5.41, 5.74) is -1.11. The molecule has 4 aliphatic carbocycles. The van der Waals surface area contributed by atoms with Gasteiger partial charge in [0.05, 0.1) is 17.6 Å². The molecule has 0 amide bonds. The predicted octanol–water partition coefficient (Wildman–Crippen LogP) is 3.50. The Hall–Kier alpha value is -0.710. The molecule has 4 bridgehead atoms. The van der Waals surface area contributed by atoms with Crippen LogP contribution in [0, 0.1) is 24.4 Å². The van der Waals surface area contributed by atoms with Crippen LogP contribution in [0.25, 0.3) is 0 Å². The molecule has 0 aromatic heterocycles. The van der Waals surface area contributed by atoms with Gasteiger partial charge in [-0.15, -0.1) is 0 Å². The van der Waals surface area contributed by atoms with E-state index in [-0.39, 0.29) is 37.6 Å². The molecule has 2 atom stereocenters. The molecule has 182 valence electrons. The van der Waals surface area contributed by atoms with Crippen LogP contribution < -0.4 is 4.74 Å². The summed E-state index contributed by atoms with van der Waals surface area (Å²) in [7, 11) is -4.36. The van der Waals surface area contributed by atoms with Crippen LogP contribution in [-0.2, 0) is 29.2 Å². The summed E-state index contributed by atoms with van der Waals surface area (Å²) in [6.45, 7) is -0.134. The third kappa shape index (κ3) is 5.43. The lowest BCUT2D eigenvalue weighted by Gasteiger charge is -2.60. The summed E-state index contributed by atoms with van der Waals surface area (Å²) in [5.74, 6) is -0.277. The zero-order valence-corrected chi connectivity index (χ0v) is 22.7. The Balaban J connectivity index is 1.25. The summed E-state index contributed by atoms with van der Waals surface area (Å²) in [6.07, 6.45) is 4.81. The molecule has 4 fully saturated rings. The van der Waals surface area contributed by atoms with Crippen LogP contribution in [0.2, 0.25) is 0 Å². The van der Waals surface area contributed by atoms with E-state index in [2.05, 4.69) is 0 Å². The smallest absolute Gasteiger partial charge is 0.344 e. The van der Waals surface area contributed by atoms with E-state index >= 15 is 0 Å². The molecule has 9 nitrogen and oxygen atoms in total. The van der Waals surface area contributed by atoms with Crippen LogP contribution in [0.5, 0.6) is 5.75 Å². The molecular formula is C21H24I2O9S. The fourth-order valence-corrected chi connectivity index (χ4v) is 10.1. The summed E-state index contributed by atoms with van der Waals surface area (Å²) >= 11 is 3.54. The van der Waals surface area contributed by atoms with Crippen LogP contribution in [0.15, 0.2) is 17.0 Å². The number of aliphatic carboxylic acids is 1. The summed E-state index contributed by atoms with van der Waals surface area (Å²) < 4.78 is 49.5. The number of halogens is 2. The van der Waals surface area contributed by atoms with E-state index in [1.807, 2.05) is 0 Å². The fourth-order valence-electron chi connectivity index (χ4n) is 6.06. The zero-order chi connectivity index (χ0) is 24.0. The number of hydrogen-bond donors (Lipinski definition) is 2. The van der Waals surface area contributed by atoms with Crippen molar-refractivity contribution in [3.8, 4) is 5.75 Å². The van der Waals surface area contributed by atoms with Crippen molar-refractivity contribution < 1.29 is 41.9 Å². The Labute approximate surface area is 218 Å². The quantitative estimate of drug-likeness (QED) is 0.171. The Morgan fingerprint density at radius 3 is 2.21 bits per heavy atom. The summed E-state index contributed by atoms with van der Waals surface area (Å²) in [4.78, 5) is 23.8. The molecule has 4 aliphatic rings. The van der Waals surface area contributed by atoms with E-state index in [0.717, 1.165) is 32.1 Å². The number of rotatable bonds is 9. The number of hydrogen-bond acceptors (Lipinski definition) is 7. The molecule has 0 radical (unpaired) electrons. The van der Waals surface area contributed by atoms with Crippen LogP contribution in [0.1, 0.15) is 38.5 Å². The first-order valence-electron chi connectivity index (χ1n) is 10.5. The van der Waals surface area contributed by atoms with Gasteiger partial charge in [0.1, 0.15) is 17.3 Å². The lowest BCUT2D eigenvalue weighted by molar-refractivity contribution is -0.209. The van der Waals surface area contributed by atoms with E-state index in [0.29, 0.717) is 18.3 Å². The zero-order valence-electron chi connectivity index (χ0n) is 17.6. The predicted molar refractivity (Wildman–Crippen MR) is 132 cm³/mol. The average molecular weight is 706 g/mol. The normalized spacial score (nSPS) is 30.3. The fraction of sp³-hybridized carbons (Fsp3) is 0.619. The van der Waals surface area contributed by atoms with E-state index in [1.165, 1.54) is 12.1 Å². The first-order valence-corrected chi connectivity index (χ1v) is 14.1. The van der Waals surface area contributed by atoms with E-state index < -0.39 is 33.1 Å². The largest absolute Gasteiger partial charge is 0.482 e. The monoisotopic (exact) mass is 706 g/mol. The Morgan fingerprint density at radius 1 is 1.06 bits per heavy atom. The molecule has 1 aromatic rings. The van der Waals surface area contributed by atoms with Gasteiger partial charge >= 0.3 is 11.9 Å². The van der Waals surface area contributed by atoms with Crippen molar-refractivity contribution in [1.82, 2.24) is 0 Å². The standard InChI is InChI=1S/C21H24I2O9S/c22-15-4-14(5-16(23)18(15)33(27,28)29)31-10-17(24)30-1-2-32-21-8-12-3-13(9-21)7-20(6-12,11-21)19(25)26/h4-5,12-13H,1-3,6-11H2,(H,25,26)(H,27,28,29). The van der Waals surface area contributed by atoms with Gasteiger partial charge < -0.3 is 19.3 Å². The highest BCUT2D eigenvalue weighted by Crippen LogP contribution is 2.62. The van der Waals surface area contributed by atoms with Crippen molar-refractivity contribution >= 4 is 67.2 Å². The van der Waals surface area contributed by atoms with Gasteiger partial charge in [-0.1, -0.05) is 0 Å². The minimum Gasteiger partial charge on any atom is -0.482 e. The molecule has 2 N–H and O–H groups in total. The molecule has 2 unspecified atom stereocenters. The maximum Gasteiger partial charge on any atom is 0.344 e. The molecule has 0 spiro atoms. The van der Waals surface area contributed by atoms with E-state index in [1.54, 1.807) is 45.2 Å². The van der Waals surface area contributed by atoms with Gasteiger partial charge in [0.25, 0.3) is 10.1 Å². The van der Waals surface area contributed by atoms with E-state index in [4.69, 9.17) is 14.2 Å². The average Bonchev–Trinajstić information content (AvgIpc) is 2.67. The lowest BCUT2D eigenvalue weighted by Crippen LogP contribution is -2.59. The first-order chi connectivity index (χ1) is 15.4. The van der Waals surface area contributed by atoms with Gasteiger partial charge in [-0.05, 0) is 108 Å². The minimum atomic E-state index is -4.36. The molecule has 1 aromatic carbocycles. The molecule has 33 heavy (non-hydrogen) atoms. The van der Waals surface area contributed by atoms with Crippen LogP contribution >= 0.6 is 45.2 Å². The van der Waals surface area contributed by atoms with Crippen molar-refractivity contribution in [2.24, 2.45) is 17.3 Å². The van der Waals surface area contributed by atoms with E-state index in [9.17, 15) is 27.7 Å². The highest BCUT2D eigenvalue weighted by atomic mass is 127.